The zero-order chi connectivity index (χ0) is 25.2. The highest BCUT2D eigenvalue weighted by Crippen LogP contribution is 2.31. The first-order chi connectivity index (χ1) is 17.5. The Bertz CT molecular complexity index is 1410. The average Bonchev–Trinajstić information content (AvgIpc) is 3.20. The van der Waals surface area contributed by atoms with E-state index in [1.807, 2.05) is 25.1 Å². The molecule has 0 spiro atoms. The molecular formula is C27H30N6O3. The molecule has 0 saturated carbocycles. The molecule has 1 unspecified atom stereocenters. The quantitative estimate of drug-likeness (QED) is 0.389. The second-order valence-corrected chi connectivity index (χ2v) is 9.06. The SMILES string of the molecule is CNC(=O)c1ccc(C(C)CNc2cc(-c3ccc4c(c3)c(C)nn4C3COC3)ncn2)c(OC)c1. The number of amides is 1. The molecule has 5 rings (SSSR count). The molecule has 0 aliphatic carbocycles. The molecule has 2 N–H and O–H groups in total. The number of aromatic nitrogens is 4. The molecule has 2 aromatic carbocycles. The van der Waals surface area contributed by atoms with Gasteiger partial charge in [0.15, 0.2) is 0 Å². The number of carbonyl (C=O) groups excluding carboxylic acids is 1. The van der Waals surface area contributed by atoms with Crippen LogP contribution in [0.2, 0.25) is 0 Å². The molecule has 1 aliphatic heterocycles. The maximum absolute atomic E-state index is 12.0. The van der Waals surface area contributed by atoms with E-state index in [0.29, 0.717) is 37.1 Å². The lowest BCUT2D eigenvalue weighted by atomic mass is 9.98. The minimum Gasteiger partial charge on any atom is -0.496 e. The molecule has 1 saturated heterocycles. The van der Waals surface area contributed by atoms with Gasteiger partial charge in [0.1, 0.15) is 17.9 Å². The highest BCUT2D eigenvalue weighted by Gasteiger charge is 2.24. The summed E-state index contributed by atoms with van der Waals surface area (Å²) in [6.07, 6.45) is 1.58. The van der Waals surface area contributed by atoms with Gasteiger partial charge in [-0.25, -0.2) is 9.97 Å². The Morgan fingerprint density at radius 2 is 2.03 bits per heavy atom. The van der Waals surface area contributed by atoms with E-state index in [9.17, 15) is 4.79 Å². The summed E-state index contributed by atoms with van der Waals surface area (Å²) >= 11 is 0. The van der Waals surface area contributed by atoms with Gasteiger partial charge in [-0.05, 0) is 36.8 Å². The van der Waals surface area contributed by atoms with E-state index in [0.717, 1.165) is 39.2 Å². The summed E-state index contributed by atoms with van der Waals surface area (Å²) in [7, 11) is 3.23. The van der Waals surface area contributed by atoms with E-state index in [1.165, 1.54) is 0 Å². The van der Waals surface area contributed by atoms with E-state index in [-0.39, 0.29) is 11.8 Å². The lowest BCUT2D eigenvalue weighted by molar-refractivity contribution is -0.0267. The second kappa shape index (κ2) is 9.94. The topological polar surface area (TPSA) is 103 Å². The van der Waals surface area contributed by atoms with Gasteiger partial charge in [0.25, 0.3) is 5.91 Å². The summed E-state index contributed by atoms with van der Waals surface area (Å²) in [6, 6.07) is 14.1. The fourth-order valence-corrected chi connectivity index (χ4v) is 4.48. The van der Waals surface area contributed by atoms with Crippen LogP contribution >= 0.6 is 0 Å². The minimum absolute atomic E-state index is 0.123. The number of hydrogen-bond acceptors (Lipinski definition) is 7. The zero-order valence-corrected chi connectivity index (χ0v) is 20.9. The number of methoxy groups -OCH3 is 1. The molecule has 36 heavy (non-hydrogen) atoms. The summed E-state index contributed by atoms with van der Waals surface area (Å²) in [5, 5.41) is 11.9. The van der Waals surface area contributed by atoms with Crippen LogP contribution in [0.1, 0.15) is 40.5 Å². The van der Waals surface area contributed by atoms with Crippen LogP contribution in [0.4, 0.5) is 5.82 Å². The number of fused-ring (bicyclic) bond motifs is 1. The van der Waals surface area contributed by atoms with Gasteiger partial charge in [0, 0.05) is 42.1 Å². The Labute approximate surface area is 209 Å². The first kappa shape index (κ1) is 23.7. The second-order valence-electron chi connectivity index (χ2n) is 9.06. The van der Waals surface area contributed by atoms with Crippen molar-refractivity contribution in [3.63, 3.8) is 0 Å². The van der Waals surface area contributed by atoms with E-state index in [2.05, 4.69) is 50.4 Å². The standard InChI is InChI=1S/C27H30N6O3/c1-16(21-7-5-19(27(34)28-3)10-25(21)35-4)12-29-26-11-23(30-15-31-26)18-6-8-24-22(9-18)17(2)32-33(24)20-13-36-14-20/h5-11,15-16,20H,12-14H2,1-4H3,(H,28,34)(H,29,30,31). The number of hydrogen-bond donors (Lipinski definition) is 2. The molecule has 2 aromatic heterocycles. The largest absolute Gasteiger partial charge is 0.496 e. The van der Waals surface area contributed by atoms with Crippen LogP contribution in [0.5, 0.6) is 5.75 Å². The van der Waals surface area contributed by atoms with Crippen molar-refractivity contribution in [3.05, 3.63) is 65.6 Å². The fourth-order valence-electron chi connectivity index (χ4n) is 4.48. The van der Waals surface area contributed by atoms with Crippen LogP contribution in [0.3, 0.4) is 0 Å². The molecule has 9 heteroatoms. The Morgan fingerprint density at radius 3 is 2.75 bits per heavy atom. The van der Waals surface area contributed by atoms with E-state index in [4.69, 9.17) is 14.6 Å². The van der Waals surface area contributed by atoms with Crippen molar-refractivity contribution < 1.29 is 14.3 Å². The van der Waals surface area contributed by atoms with Crippen molar-refractivity contribution in [2.75, 3.05) is 39.2 Å². The van der Waals surface area contributed by atoms with Crippen LogP contribution in [0.15, 0.2) is 48.8 Å². The van der Waals surface area contributed by atoms with Crippen LogP contribution in [-0.4, -0.2) is 59.6 Å². The number of anilines is 1. The predicted molar refractivity (Wildman–Crippen MR) is 139 cm³/mol. The normalized spacial score (nSPS) is 14.3. The first-order valence-electron chi connectivity index (χ1n) is 12.0. The molecule has 3 heterocycles. The number of carbonyl (C=O) groups is 1. The van der Waals surface area contributed by atoms with Crippen LogP contribution < -0.4 is 15.4 Å². The van der Waals surface area contributed by atoms with Crippen LogP contribution in [0, 0.1) is 6.92 Å². The molecule has 0 radical (unpaired) electrons. The number of ether oxygens (including phenoxy) is 2. The van der Waals surface area contributed by atoms with Crippen molar-refractivity contribution >= 4 is 22.6 Å². The van der Waals surface area contributed by atoms with Crippen LogP contribution in [0.25, 0.3) is 22.2 Å². The Balaban J connectivity index is 1.33. The summed E-state index contributed by atoms with van der Waals surface area (Å²) in [5.74, 6) is 1.41. The number of benzene rings is 2. The third-order valence-electron chi connectivity index (χ3n) is 6.66. The van der Waals surface area contributed by atoms with E-state index in [1.54, 1.807) is 26.6 Å². The summed E-state index contributed by atoms with van der Waals surface area (Å²) < 4.78 is 13.0. The Hall–Kier alpha value is -3.98. The lowest BCUT2D eigenvalue weighted by Crippen LogP contribution is -2.31. The molecule has 0 bridgehead atoms. The summed E-state index contributed by atoms with van der Waals surface area (Å²) in [6.45, 7) is 6.20. The molecule has 186 valence electrons. The van der Waals surface area contributed by atoms with E-state index < -0.39 is 0 Å². The third-order valence-corrected chi connectivity index (χ3v) is 6.66. The van der Waals surface area contributed by atoms with Crippen molar-refractivity contribution in [1.82, 2.24) is 25.1 Å². The Kier molecular flexibility index (Phi) is 6.56. The number of aryl methyl sites for hydroxylation is 1. The fraction of sp³-hybridized carbons (Fsp3) is 0.333. The Morgan fingerprint density at radius 1 is 1.19 bits per heavy atom. The predicted octanol–water partition coefficient (Wildman–Crippen LogP) is 3.96. The van der Waals surface area contributed by atoms with Crippen molar-refractivity contribution in [3.8, 4) is 17.0 Å². The molecule has 1 aliphatic rings. The summed E-state index contributed by atoms with van der Waals surface area (Å²) in [5.41, 5.74) is 5.55. The molecule has 1 atom stereocenters. The minimum atomic E-state index is -0.142. The monoisotopic (exact) mass is 486 g/mol. The number of nitrogens with one attached hydrogen (secondary N) is 2. The van der Waals surface area contributed by atoms with Crippen LogP contribution in [-0.2, 0) is 4.74 Å². The average molecular weight is 487 g/mol. The van der Waals surface area contributed by atoms with E-state index >= 15 is 0 Å². The van der Waals surface area contributed by atoms with Gasteiger partial charge in [0.05, 0.1) is 43.3 Å². The van der Waals surface area contributed by atoms with Gasteiger partial charge in [0.2, 0.25) is 0 Å². The molecule has 1 fully saturated rings. The third kappa shape index (κ3) is 4.49. The van der Waals surface area contributed by atoms with Crippen molar-refractivity contribution in [2.45, 2.75) is 25.8 Å². The van der Waals surface area contributed by atoms with Gasteiger partial charge in [-0.3, -0.25) is 9.48 Å². The molecule has 9 nitrogen and oxygen atoms in total. The maximum atomic E-state index is 12.0. The van der Waals surface area contributed by atoms with Crippen molar-refractivity contribution in [2.24, 2.45) is 0 Å². The van der Waals surface area contributed by atoms with Gasteiger partial charge >= 0.3 is 0 Å². The molecular weight excluding hydrogens is 456 g/mol. The van der Waals surface area contributed by atoms with Gasteiger partial charge in [-0.15, -0.1) is 0 Å². The smallest absolute Gasteiger partial charge is 0.251 e. The number of rotatable bonds is 8. The van der Waals surface area contributed by atoms with Gasteiger partial charge in [-0.1, -0.05) is 19.1 Å². The lowest BCUT2D eigenvalue weighted by Gasteiger charge is -2.26. The van der Waals surface area contributed by atoms with Crippen molar-refractivity contribution in [1.29, 1.82) is 0 Å². The first-order valence-corrected chi connectivity index (χ1v) is 12.0. The molecule has 4 aromatic rings. The molecule has 1 amide bonds. The maximum Gasteiger partial charge on any atom is 0.251 e. The van der Waals surface area contributed by atoms with Gasteiger partial charge < -0.3 is 20.1 Å². The summed E-state index contributed by atoms with van der Waals surface area (Å²) in [4.78, 5) is 20.9. The number of nitrogens with zero attached hydrogens (tertiary/aromatic N) is 4. The highest BCUT2D eigenvalue weighted by atomic mass is 16.5. The highest BCUT2D eigenvalue weighted by molar-refractivity contribution is 5.94. The van der Waals surface area contributed by atoms with Gasteiger partial charge in [-0.2, -0.15) is 5.10 Å². The zero-order valence-electron chi connectivity index (χ0n) is 20.9.